The SMILES string of the molecule is COC(=O)c1cccc(NC(=O)C2CCCN(Cc3nc(-c4cccs4)no3)C2)c1. The van der Waals surface area contributed by atoms with Crippen LogP contribution in [0.3, 0.4) is 0 Å². The van der Waals surface area contributed by atoms with Crippen molar-refractivity contribution in [2.75, 3.05) is 25.5 Å². The van der Waals surface area contributed by atoms with Crippen LogP contribution >= 0.6 is 11.3 Å². The van der Waals surface area contributed by atoms with E-state index in [1.165, 1.54) is 7.11 Å². The van der Waals surface area contributed by atoms with Gasteiger partial charge in [0.1, 0.15) is 0 Å². The lowest BCUT2D eigenvalue weighted by molar-refractivity contribution is -0.121. The number of thiophene rings is 1. The number of esters is 1. The minimum atomic E-state index is -0.434. The van der Waals surface area contributed by atoms with Crippen LogP contribution in [0.2, 0.25) is 0 Å². The molecule has 8 nitrogen and oxygen atoms in total. The fourth-order valence-corrected chi connectivity index (χ4v) is 4.16. The summed E-state index contributed by atoms with van der Waals surface area (Å²) in [4.78, 5) is 32.0. The number of methoxy groups -OCH3 is 1. The van der Waals surface area contributed by atoms with Crippen molar-refractivity contribution >= 4 is 28.9 Å². The van der Waals surface area contributed by atoms with Crippen molar-refractivity contribution in [2.45, 2.75) is 19.4 Å². The van der Waals surface area contributed by atoms with Crippen molar-refractivity contribution < 1.29 is 18.8 Å². The van der Waals surface area contributed by atoms with Gasteiger partial charge >= 0.3 is 5.97 Å². The monoisotopic (exact) mass is 426 g/mol. The van der Waals surface area contributed by atoms with Gasteiger partial charge in [-0.15, -0.1) is 11.3 Å². The van der Waals surface area contributed by atoms with Gasteiger partial charge in [0.05, 0.1) is 30.0 Å². The Kier molecular flexibility index (Phi) is 6.20. The minimum absolute atomic E-state index is 0.0634. The van der Waals surface area contributed by atoms with Crippen molar-refractivity contribution in [2.24, 2.45) is 5.92 Å². The number of likely N-dealkylation sites (tertiary alicyclic amines) is 1. The van der Waals surface area contributed by atoms with E-state index in [0.717, 1.165) is 24.3 Å². The number of nitrogens with zero attached hydrogens (tertiary/aromatic N) is 3. The zero-order valence-electron chi connectivity index (χ0n) is 16.5. The van der Waals surface area contributed by atoms with Gasteiger partial charge in [0.15, 0.2) is 0 Å². The number of nitrogens with one attached hydrogen (secondary N) is 1. The fourth-order valence-electron chi connectivity index (χ4n) is 3.52. The summed E-state index contributed by atoms with van der Waals surface area (Å²) in [6.45, 7) is 2.00. The van der Waals surface area contributed by atoms with Gasteiger partial charge in [-0.1, -0.05) is 17.3 Å². The third kappa shape index (κ3) is 4.74. The van der Waals surface area contributed by atoms with E-state index < -0.39 is 5.97 Å². The number of aromatic nitrogens is 2. The summed E-state index contributed by atoms with van der Waals surface area (Å²) < 4.78 is 10.1. The minimum Gasteiger partial charge on any atom is -0.465 e. The summed E-state index contributed by atoms with van der Waals surface area (Å²) in [6.07, 6.45) is 1.72. The zero-order valence-corrected chi connectivity index (χ0v) is 17.4. The Morgan fingerprint density at radius 3 is 3.03 bits per heavy atom. The lowest BCUT2D eigenvalue weighted by atomic mass is 9.97. The molecule has 3 aromatic rings. The van der Waals surface area contributed by atoms with Crippen molar-refractivity contribution in [1.82, 2.24) is 15.0 Å². The fraction of sp³-hybridized carbons (Fsp3) is 0.333. The molecule has 156 valence electrons. The van der Waals surface area contributed by atoms with E-state index in [1.807, 2.05) is 17.5 Å². The first-order chi connectivity index (χ1) is 14.6. The number of ether oxygens (including phenoxy) is 1. The van der Waals surface area contributed by atoms with E-state index in [1.54, 1.807) is 35.6 Å². The normalized spacial score (nSPS) is 16.9. The largest absolute Gasteiger partial charge is 0.465 e. The van der Waals surface area contributed by atoms with Crippen LogP contribution < -0.4 is 5.32 Å². The molecule has 2 aromatic heterocycles. The molecule has 3 heterocycles. The molecule has 0 radical (unpaired) electrons. The van der Waals surface area contributed by atoms with Crippen molar-refractivity contribution in [3.63, 3.8) is 0 Å². The van der Waals surface area contributed by atoms with Crippen LogP contribution in [0.4, 0.5) is 5.69 Å². The first-order valence-electron chi connectivity index (χ1n) is 9.70. The highest BCUT2D eigenvalue weighted by Gasteiger charge is 2.27. The van der Waals surface area contributed by atoms with Gasteiger partial charge < -0.3 is 14.6 Å². The number of rotatable bonds is 6. The Morgan fingerprint density at radius 2 is 2.23 bits per heavy atom. The molecule has 0 saturated carbocycles. The molecule has 4 rings (SSSR count). The standard InChI is InChI=1S/C21H22N4O4S/c1-28-21(27)14-5-2-7-16(11-14)22-20(26)15-6-3-9-25(12-15)13-18-23-19(24-29-18)17-8-4-10-30-17/h2,4-5,7-8,10-11,15H,3,6,9,12-13H2,1H3,(H,22,26). The number of piperidine rings is 1. The van der Waals surface area contributed by atoms with Gasteiger partial charge in [0.25, 0.3) is 0 Å². The highest BCUT2D eigenvalue weighted by atomic mass is 32.1. The van der Waals surface area contributed by atoms with E-state index in [-0.39, 0.29) is 11.8 Å². The van der Waals surface area contributed by atoms with Gasteiger partial charge in [0, 0.05) is 12.2 Å². The predicted molar refractivity (Wildman–Crippen MR) is 112 cm³/mol. The topological polar surface area (TPSA) is 97.6 Å². The average molecular weight is 426 g/mol. The Balaban J connectivity index is 1.35. The third-order valence-electron chi connectivity index (χ3n) is 5.00. The second-order valence-electron chi connectivity index (χ2n) is 7.12. The van der Waals surface area contributed by atoms with E-state index in [9.17, 15) is 9.59 Å². The average Bonchev–Trinajstić information content (AvgIpc) is 3.45. The van der Waals surface area contributed by atoms with E-state index >= 15 is 0 Å². The highest BCUT2D eigenvalue weighted by Crippen LogP contribution is 2.24. The van der Waals surface area contributed by atoms with Gasteiger partial charge in [-0.25, -0.2) is 4.79 Å². The van der Waals surface area contributed by atoms with Crippen molar-refractivity contribution in [3.8, 4) is 10.7 Å². The second kappa shape index (κ2) is 9.19. The molecule has 1 N–H and O–H groups in total. The van der Waals surface area contributed by atoms with Crippen LogP contribution in [0.15, 0.2) is 46.3 Å². The maximum Gasteiger partial charge on any atom is 0.337 e. The zero-order chi connectivity index (χ0) is 20.9. The predicted octanol–water partition coefficient (Wildman–Crippen LogP) is 3.44. The number of anilines is 1. The summed E-state index contributed by atoms with van der Waals surface area (Å²) in [6, 6.07) is 10.7. The Hall–Kier alpha value is -3.04. The smallest absolute Gasteiger partial charge is 0.337 e. The molecule has 1 unspecified atom stereocenters. The summed E-state index contributed by atoms with van der Waals surface area (Å²) >= 11 is 1.56. The molecular weight excluding hydrogens is 404 g/mol. The van der Waals surface area contributed by atoms with Gasteiger partial charge in [0.2, 0.25) is 17.6 Å². The summed E-state index contributed by atoms with van der Waals surface area (Å²) in [5.41, 5.74) is 0.982. The molecule has 30 heavy (non-hydrogen) atoms. The lowest BCUT2D eigenvalue weighted by Gasteiger charge is -2.30. The molecule has 0 spiro atoms. The van der Waals surface area contributed by atoms with Crippen LogP contribution in [0, 0.1) is 5.92 Å². The summed E-state index contributed by atoms with van der Waals surface area (Å²) in [5, 5.41) is 8.93. The summed E-state index contributed by atoms with van der Waals surface area (Å²) in [5.74, 6) is 0.491. The maximum atomic E-state index is 12.8. The van der Waals surface area contributed by atoms with Gasteiger partial charge in [-0.2, -0.15) is 4.98 Å². The maximum absolute atomic E-state index is 12.8. The van der Waals surface area contributed by atoms with Crippen LogP contribution in [-0.4, -0.2) is 47.1 Å². The Morgan fingerprint density at radius 1 is 1.33 bits per heavy atom. The van der Waals surface area contributed by atoms with Crippen LogP contribution in [-0.2, 0) is 16.1 Å². The highest BCUT2D eigenvalue weighted by molar-refractivity contribution is 7.13. The molecule has 1 aliphatic rings. The molecule has 0 aliphatic carbocycles. The Bertz CT molecular complexity index is 1020. The van der Waals surface area contributed by atoms with Crippen LogP contribution in [0.25, 0.3) is 10.7 Å². The van der Waals surface area contributed by atoms with Crippen molar-refractivity contribution in [3.05, 3.63) is 53.2 Å². The molecule has 1 amide bonds. The van der Waals surface area contributed by atoms with E-state index in [0.29, 0.717) is 36.1 Å². The van der Waals surface area contributed by atoms with E-state index in [4.69, 9.17) is 9.26 Å². The van der Waals surface area contributed by atoms with E-state index in [2.05, 4.69) is 20.4 Å². The first kappa shape index (κ1) is 20.2. The number of carbonyl (C=O) groups is 2. The summed E-state index contributed by atoms with van der Waals surface area (Å²) in [7, 11) is 1.33. The van der Waals surface area contributed by atoms with Gasteiger partial charge in [-0.3, -0.25) is 9.69 Å². The molecule has 1 saturated heterocycles. The quantitative estimate of drug-likeness (QED) is 0.603. The first-order valence-corrected chi connectivity index (χ1v) is 10.6. The number of amides is 1. The number of benzene rings is 1. The molecule has 1 aromatic carbocycles. The molecule has 1 aliphatic heterocycles. The van der Waals surface area contributed by atoms with Crippen molar-refractivity contribution in [1.29, 1.82) is 0 Å². The van der Waals surface area contributed by atoms with Crippen LogP contribution in [0.1, 0.15) is 29.1 Å². The number of carbonyl (C=O) groups excluding carboxylic acids is 2. The molecule has 0 bridgehead atoms. The van der Waals surface area contributed by atoms with Gasteiger partial charge in [-0.05, 0) is 49.0 Å². The molecular formula is C21H22N4O4S. The Labute approximate surface area is 177 Å². The molecule has 9 heteroatoms. The number of hydrogen-bond donors (Lipinski definition) is 1. The molecule has 1 fully saturated rings. The van der Waals surface area contributed by atoms with Crippen LogP contribution in [0.5, 0.6) is 0 Å². The lowest BCUT2D eigenvalue weighted by Crippen LogP contribution is -2.40. The molecule has 1 atom stereocenters. The third-order valence-corrected chi connectivity index (χ3v) is 5.86. The number of hydrogen-bond acceptors (Lipinski definition) is 8. The second-order valence-corrected chi connectivity index (χ2v) is 8.07.